The molecule has 0 radical (unpaired) electrons. The van der Waals surface area contributed by atoms with E-state index in [0.29, 0.717) is 5.82 Å². The Morgan fingerprint density at radius 2 is 0.962 bits per heavy atom. The predicted molar refractivity (Wildman–Crippen MR) is 211 cm³/mol. The monoisotopic (exact) mass is 665 g/mol. The van der Waals surface area contributed by atoms with Crippen molar-refractivity contribution in [1.82, 2.24) is 15.0 Å². The standard InChI is InChI=1S/C47H27N3O2/c1-3-12-28(13-4-1)36-27-38(31-18-11-21-41-43(31)33-16-7-9-19-39(33)51-41)50-47(49-36)30-22-23-32-37(26-30)48-46(29-14-5-2-6-15-29)35-24-25-42-45(44(32)35)34-17-8-10-20-40(34)52-42/h1-27H. The second-order valence-corrected chi connectivity index (χ2v) is 13.1. The van der Waals surface area contributed by atoms with E-state index in [4.69, 9.17) is 23.8 Å². The topological polar surface area (TPSA) is 65.0 Å². The van der Waals surface area contributed by atoms with E-state index in [0.717, 1.165) is 105 Å². The summed E-state index contributed by atoms with van der Waals surface area (Å²) >= 11 is 0. The molecule has 0 atom stereocenters. The number of para-hydroxylation sites is 2. The number of furan rings is 2. The Hall–Kier alpha value is -7.11. The van der Waals surface area contributed by atoms with E-state index in [9.17, 15) is 0 Å². The van der Waals surface area contributed by atoms with Gasteiger partial charge in [-0.15, -0.1) is 0 Å². The Kier molecular flexibility index (Phi) is 6.18. The van der Waals surface area contributed by atoms with Crippen molar-refractivity contribution >= 4 is 65.6 Å². The van der Waals surface area contributed by atoms with Gasteiger partial charge in [-0.25, -0.2) is 15.0 Å². The molecule has 0 aliphatic rings. The van der Waals surface area contributed by atoms with Crippen LogP contribution >= 0.6 is 0 Å². The smallest absolute Gasteiger partial charge is 0.160 e. The first-order valence-electron chi connectivity index (χ1n) is 17.4. The quantitative estimate of drug-likeness (QED) is 0.175. The number of rotatable bonds is 4. The molecule has 0 unspecified atom stereocenters. The molecule has 0 saturated heterocycles. The van der Waals surface area contributed by atoms with Crippen molar-refractivity contribution in [3.63, 3.8) is 0 Å². The molecule has 5 heteroatoms. The molecular formula is C47H27N3O2. The van der Waals surface area contributed by atoms with Crippen LogP contribution in [0.2, 0.25) is 0 Å². The maximum Gasteiger partial charge on any atom is 0.160 e. The Morgan fingerprint density at radius 1 is 0.346 bits per heavy atom. The highest BCUT2D eigenvalue weighted by Crippen LogP contribution is 2.42. The van der Waals surface area contributed by atoms with Crippen molar-refractivity contribution < 1.29 is 8.83 Å². The summed E-state index contributed by atoms with van der Waals surface area (Å²) in [6.07, 6.45) is 0. The lowest BCUT2D eigenvalue weighted by Gasteiger charge is -2.13. The van der Waals surface area contributed by atoms with Crippen LogP contribution in [0.15, 0.2) is 173 Å². The number of aromatic nitrogens is 3. The van der Waals surface area contributed by atoms with Gasteiger partial charge in [-0.3, -0.25) is 0 Å². The molecule has 4 heterocycles. The summed E-state index contributed by atoms with van der Waals surface area (Å²) < 4.78 is 12.6. The van der Waals surface area contributed by atoms with Gasteiger partial charge < -0.3 is 8.83 Å². The maximum atomic E-state index is 6.36. The Bertz CT molecular complexity index is 3180. The fourth-order valence-electron chi connectivity index (χ4n) is 7.72. The SMILES string of the molecule is c1ccc(-c2cc(-c3cccc4oc5ccccc5c34)nc(-c3ccc4c(c3)nc(-c3ccccc3)c3ccc5oc6ccccc6c5c34)n2)cc1. The summed E-state index contributed by atoms with van der Waals surface area (Å²) in [7, 11) is 0. The van der Waals surface area contributed by atoms with Gasteiger partial charge in [-0.2, -0.15) is 0 Å². The lowest BCUT2D eigenvalue weighted by Crippen LogP contribution is -1.97. The highest BCUT2D eigenvalue weighted by molar-refractivity contribution is 6.28. The number of hydrogen-bond acceptors (Lipinski definition) is 5. The zero-order valence-corrected chi connectivity index (χ0v) is 27.7. The summed E-state index contributed by atoms with van der Waals surface area (Å²) in [5, 5.41) is 7.52. The van der Waals surface area contributed by atoms with Crippen LogP contribution in [0.5, 0.6) is 0 Å². The minimum Gasteiger partial charge on any atom is -0.456 e. The second-order valence-electron chi connectivity index (χ2n) is 13.1. The summed E-state index contributed by atoms with van der Waals surface area (Å²) in [5.74, 6) is 0.623. The lowest BCUT2D eigenvalue weighted by molar-refractivity contribution is 0.668. The minimum atomic E-state index is 0.623. The zero-order chi connectivity index (χ0) is 34.2. The predicted octanol–water partition coefficient (Wildman–Crippen LogP) is 12.6. The first kappa shape index (κ1) is 28.7. The zero-order valence-electron chi connectivity index (χ0n) is 27.7. The molecule has 0 fully saturated rings. The first-order chi connectivity index (χ1) is 25.8. The van der Waals surface area contributed by atoms with Crippen molar-refractivity contribution in [2.75, 3.05) is 0 Å². The van der Waals surface area contributed by atoms with Crippen LogP contribution in [0.4, 0.5) is 0 Å². The van der Waals surface area contributed by atoms with Crippen LogP contribution in [-0.4, -0.2) is 15.0 Å². The highest BCUT2D eigenvalue weighted by atomic mass is 16.3. The molecule has 52 heavy (non-hydrogen) atoms. The normalized spacial score (nSPS) is 11.8. The van der Waals surface area contributed by atoms with Crippen molar-refractivity contribution in [3.8, 4) is 45.2 Å². The van der Waals surface area contributed by atoms with Gasteiger partial charge in [0, 0.05) is 60.0 Å². The van der Waals surface area contributed by atoms with Gasteiger partial charge in [0.15, 0.2) is 5.82 Å². The van der Waals surface area contributed by atoms with Crippen LogP contribution in [-0.2, 0) is 0 Å². The van der Waals surface area contributed by atoms with E-state index in [-0.39, 0.29) is 0 Å². The number of fused-ring (bicyclic) bond motifs is 10. The van der Waals surface area contributed by atoms with Gasteiger partial charge >= 0.3 is 0 Å². The maximum absolute atomic E-state index is 6.36. The van der Waals surface area contributed by atoms with E-state index in [1.54, 1.807) is 0 Å². The van der Waals surface area contributed by atoms with Crippen LogP contribution in [0.25, 0.3) is 111 Å². The fourth-order valence-corrected chi connectivity index (χ4v) is 7.72. The van der Waals surface area contributed by atoms with Crippen molar-refractivity contribution in [1.29, 1.82) is 0 Å². The van der Waals surface area contributed by atoms with Gasteiger partial charge in [0.1, 0.15) is 22.3 Å². The van der Waals surface area contributed by atoms with Gasteiger partial charge in [-0.05, 0) is 42.5 Å². The third-order valence-corrected chi connectivity index (χ3v) is 10.1. The number of pyridine rings is 1. The number of hydrogen-bond donors (Lipinski definition) is 0. The van der Waals surface area contributed by atoms with Crippen molar-refractivity contribution in [2.45, 2.75) is 0 Å². The van der Waals surface area contributed by atoms with E-state index in [1.165, 1.54) is 0 Å². The van der Waals surface area contributed by atoms with Crippen LogP contribution in [0.3, 0.4) is 0 Å². The van der Waals surface area contributed by atoms with Gasteiger partial charge in [0.25, 0.3) is 0 Å². The Labute approximate surface area is 297 Å². The largest absolute Gasteiger partial charge is 0.456 e. The Morgan fingerprint density at radius 3 is 1.73 bits per heavy atom. The van der Waals surface area contributed by atoms with E-state index >= 15 is 0 Å². The average Bonchev–Trinajstić information content (AvgIpc) is 3.79. The second kappa shape index (κ2) is 11.2. The molecule has 0 bridgehead atoms. The van der Waals surface area contributed by atoms with Gasteiger partial charge in [0.05, 0.1) is 22.6 Å². The lowest BCUT2D eigenvalue weighted by atomic mass is 9.95. The Balaban J connectivity index is 1.20. The summed E-state index contributed by atoms with van der Waals surface area (Å²) in [5.41, 5.74) is 10.8. The summed E-state index contributed by atoms with van der Waals surface area (Å²) in [4.78, 5) is 15.8. The molecule has 0 saturated carbocycles. The third-order valence-electron chi connectivity index (χ3n) is 10.1. The molecule has 4 aromatic heterocycles. The molecular weight excluding hydrogens is 639 g/mol. The molecule has 11 aromatic rings. The third kappa shape index (κ3) is 4.39. The molecule has 0 amide bonds. The van der Waals surface area contributed by atoms with Crippen LogP contribution in [0, 0.1) is 0 Å². The van der Waals surface area contributed by atoms with Crippen molar-refractivity contribution in [3.05, 3.63) is 164 Å². The van der Waals surface area contributed by atoms with Crippen molar-refractivity contribution in [2.24, 2.45) is 0 Å². The van der Waals surface area contributed by atoms with E-state index < -0.39 is 0 Å². The summed E-state index contributed by atoms with van der Waals surface area (Å²) in [6.45, 7) is 0. The molecule has 0 aliphatic heterocycles. The fraction of sp³-hybridized carbons (Fsp3) is 0. The molecule has 0 spiro atoms. The molecule has 242 valence electrons. The average molecular weight is 666 g/mol. The first-order valence-corrected chi connectivity index (χ1v) is 17.4. The van der Waals surface area contributed by atoms with Gasteiger partial charge in [-0.1, -0.05) is 121 Å². The molecule has 11 rings (SSSR count). The van der Waals surface area contributed by atoms with E-state index in [1.807, 2.05) is 66.7 Å². The number of nitrogens with zero attached hydrogens (tertiary/aromatic N) is 3. The van der Waals surface area contributed by atoms with Crippen LogP contribution < -0.4 is 0 Å². The van der Waals surface area contributed by atoms with E-state index in [2.05, 4.69) is 97.1 Å². The molecule has 7 aromatic carbocycles. The minimum absolute atomic E-state index is 0.623. The molecule has 5 nitrogen and oxygen atoms in total. The molecule has 0 N–H and O–H groups in total. The van der Waals surface area contributed by atoms with Gasteiger partial charge in [0.2, 0.25) is 0 Å². The summed E-state index contributed by atoms with van der Waals surface area (Å²) in [6, 6.07) is 55.9. The van der Waals surface area contributed by atoms with Crippen LogP contribution in [0.1, 0.15) is 0 Å². The number of benzene rings is 7. The molecule has 0 aliphatic carbocycles. The highest BCUT2D eigenvalue weighted by Gasteiger charge is 2.20.